The van der Waals surface area contributed by atoms with E-state index in [9.17, 15) is 18.9 Å². The molecule has 0 bridgehead atoms. The second kappa shape index (κ2) is 7.69. The zero-order valence-electron chi connectivity index (χ0n) is 16.3. The largest absolute Gasteiger partial charge is 0.450 e. The monoisotopic (exact) mass is 436 g/mol. The van der Waals surface area contributed by atoms with E-state index in [1.54, 1.807) is 12.1 Å². The van der Waals surface area contributed by atoms with E-state index in [0.29, 0.717) is 41.7 Å². The van der Waals surface area contributed by atoms with Gasteiger partial charge in [0.25, 0.3) is 11.3 Å². The number of rotatable bonds is 4. The van der Waals surface area contributed by atoms with Crippen molar-refractivity contribution in [1.82, 2.24) is 14.5 Å². The molecule has 32 heavy (non-hydrogen) atoms. The molecule has 3 aliphatic heterocycles. The molecule has 0 atom stereocenters. The molecule has 0 saturated heterocycles. The summed E-state index contributed by atoms with van der Waals surface area (Å²) in [5.41, 5.74) is 1.03. The average Bonchev–Trinajstić information content (AvgIpc) is 3.27. The normalized spacial score (nSPS) is 13.1. The number of ether oxygens (including phenoxy) is 1. The summed E-state index contributed by atoms with van der Waals surface area (Å²) < 4.78 is 34.8. The predicted molar refractivity (Wildman–Crippen MR) is 110 cm³/mol. The summed E-state index contributed by atoms with van der Waals surface area (Å²) in [4.78, 5) is 23.5. The molecule has 0 aliphatic carbocycles. The third kappa shape index (κ3) is 3.60. The number of hydrogen-bond donors (Lipinski definition) is 1. The van der Waals surface area contributed by atoms with Gasteiger partial charge in [0.15, 0.2) is 23.1 Å². The molecular weight excluding hydrogens is 422 g/mol. The lowest BCUT2D eigenvalue weighted by atomic mass is 10.2. The van der Waals surface area contributed by atoms with Gasteiger partial charge in [-0.1, -0.05) is 6.07 Å². The number of halogens is 2. The fourth-order valence-electron chi connectivity index (χ4n) is 3.43. The Hall–Kier alpha value is -4.41. The summed E-state index contributed by atoms with van der Waals surface area (Å²) in [6, 6.07) is 10.6. The van der Waals surface area contributed by atoms with Gasteiger partial charge in [0.2, 0.25) is 0 Å². The van der Waals surface area contributed by atoms with Crippen LogP contribution in [0.1, 0.15) is 0 Å². The molecular formula is C21H14F2N6O3. The molecule has 160 valence electrons. The lowest BCUT2D eigenvalue weighted by Gasteiger charge is -2.17. The van der Waals surface area contributed by atoms with Crippen LogP contribution in [0.2, 0.25) is 0 Å². The molecule has 0 aromatic heterocycles. The molecule has 0 saturated carbocycles. The van der Waals surface area contributed by atoms with Crippen molar-refractivity contribution in [3.8, 4) is 22.9 Å². The number of nitrogens with zero attached hydrogens (tertiary/aromatic N) is 5. The maximum absolute atomic E-state index is 14.1. The van der Waals surface area contributed by atoms with Gasteiger partial charge >= 0.3 is 0 Å². The van der Waals surface area contributed by atoms with Crippen molar-refractivity contribution < 1.29 is 18.4 Å². The lowest BCUT2D eigenvalue weighted by Crippen LogP contribution is -2.17. The van der Waals surface area contributed by atoms with E-state index in [-0.39, 0.29) is 17.1 Å². The number of pyridine rings is 1. The van der Waals surface area contributed by atoms with E-state index in [2.05, 4.69) is 20.3 Å². The first-order valence-corrected chi connectivity index (χ1v) is 9.54. The summed E-state index contributed by atoms with van der Waals surface area (Å²) in [5.74, 6) is -0.131. The zero-order chi connectivity index (χ0) is 22.2. The minimum absolute atomic E-state index is 0.0821. The minimum Gasteiger partial charge on any atom is -0.450 e. The molecule has 5 rings (SSSR count). The van der Waals surface area contributed by atoms with Crippen molar-refractivity contribution in [2.45, 2.75) is 6.54 Å². The molecule has 0 spiro atoms. The Morgan fingerprint density at radius 2 is 2.03 bits per heavy atom. The van der Waals surface area contributed by atoms with Crippen LogP contribution in [0.25, 0.3) is 11.4 Å². The highest BCUT2D eigenvalue weighted by Gasteiger charge is 2.23. The second-order valence-electron chi connectivity index (χ2n) is 6.95. The van der Waals surface area contributed by atoms with Crippen molar-refractivity contribution in [2.24, 2.45) is 4.99 Å². The van der Waals surface area contributed by atoms with E-state index >= 15 is 0 Å². The van der Waals surface area contributed by atoms with Crippen LogP contribution in [0.3, 0.4) is 0 Å². The Morgan fingerprint density at radius 1 is 1.16 bits per heavy atom. The first-order chi connectivity index (χ1) is 15.5. The fourth-order valence-corrected chi connectivity index (χ4v) is 3.43. The molecule has 0 fully saturated rings. The van der Waals surface area contributed by atoms with Crippen LogP contribution in [-0.2, 0) is 6.54 Å². The SMILES string of the molecule is O=[N+]([O-])c1cccc(N=c2ncc3cc(Oc4ccc(F)cc4F)c4n(c-3n2)CCN4)c1. The van der Waals surface area contributed by atoms with Gasteiger partial charge in [-0.3, -0.25) is 10.1 Å². The van der Waals surface area contributed by atoms with Crippen molar-refractivity contribution in [2.75, 3.05) is 11.9 Å². The van der Waals surface area contributed by atoms with Crippen LogP contribution in [-0.4, -0.2) is 26.0 Å². The van der Waals surface area contributed by atoms with Gasteiger partial charge in [0.1, 0.15) is 11.6 Å². The van der Waals surface area contributed by atoms with Gasteiger partial charge in [-0.15, -0.1) is 0 Å². The predicted octanol–water partition coefficient (Wildman–Crippen LogP) is 4.02. The number of fused-ring (bicyclic) bond motifs is 3. The lowest BCUT2D eigenvalue weighted by molar-refractivity contribution is -0.384. The number of nitrogens with one attached hydrogen (secondary N) is 1. The number of benzene rings is 2. The molecule has 0 amide bonds. The van der Waals surface area contributed by atoms with E-state index in [1.165, 1.54) is 30.5 Å². The van der Waals surface area contributed by atoms with Crippen LogP contribution >= 0.6 is 0 Å². The molecule has 9 nitrogen and oxygen atoms in total. The van der Waals surface area contributed by atoms with E-state index in [1.807, 2.05) is 4.57 Å². The summed E-state index contributed by atoms with van der Waals surface area (Å²) in [6.45, 7) is 1.17. The van der Waals surface area contributed by atoms with Crippen LogP contribution in [0.15, 0.2) is 59.7 Å². The molecule has 1 N–H and O–H groups in total. The van der Waals surface area contributed by atoms with Crippen LogP contribution in [0, 0.1) is 21.7 Å². The van der Waals surface area contributed by atoms with Gasteiger partial charge in [0.05, 0.1) is 10.6 Å². The maximum atomic E-state index is 14.1. The Labute approximate surface area is 179 Å². The van der Waals surface area contributed by atoms with Crippen molar-refractivity contribution in [3.63, 3.8) is 0 Å². The molecule has 2 aromatic rings. The van der Waals surface area contributed by atoms with E-state index in [4.69, 9.17) is 4.74 Å². The third-order valence-electron chi connectivity index (χ3n) is 4.84. The number of hydrogen-bond acceptors (Lipinski definition) is 7. The topological polar surface area (TPSA) is 107 Å². The van der Waals surface area contributed by atoms with E-state index < -0.39 is 16.6 Å². The molecule has 2 aromatic carbocycles. The Bertz CT molecular complexity index is 1400. The van der Waals surface area contributed by atoms with Crippen LogP contribution in [0.4, 0.5) is 26.0 Å². The van der Waals surface area contributed by atoms with Gasteiger partial charge in [-0.25, -0.2) is 18.8 Å². The fraction of sp³-hybridized carbons (Fsp3) is 0.0952. The highest BCUT2D eigenvalue weighted by molar-refractivity contribution is 5.69. The van der Waals surface area contributed by atoms with Crippen LogP contribution in [0.5, 0.6) is 11.5 Å². The van der Waals surface area contributed by atoms with Gasteiger partial charge in [-0.05, 0) is 24.3 Å². The molecule has 3 aliphatic rings. The van der Waals surface area contributed by atoms with E-state index in [0.717, 1.165) is 12.1 Å². The zero-order valence-corrected chi connectivity index (χ0v) is 16.3. The second-order valence-corrected chi connectivity index (χ2v) is 6.95. The first-order valence-electron chi connectivity index (χ1n) is 9.54. The maximum Gasteiger partial charge on any atom is 0.271 e. The number of aromatic nitrogens is 3. The summed E-state index contributed by atoms with van der Waals surface area (Å²) in [7, 11) is 0. The van der Waals surface area contributed by atoms with Gasteiger partial charge in [-0.2, -0.15) is 4.98 Å². The highest BCUT2D eigenvalue weighted by atomic mass is 19.1. The summed E-state index contributed by atoms with van der Waals surface area (Å²) in [6.07, 6.45) is 1.54. The Morgan fingerprint density at radius 3 is 2.84 bits per heavy atom. The standard InChI is InChI=1S/C21H14F2N6O3/c22-13-4-5-17(16(23)9-13)32-18-8-12-11-25-21(27-19(12)28-7-6-24-20(18)28)26-14-2-1-3-15(10-14)29(30)31/h1-5,8-11,24H,6-7H2. The number of nitro benzene ring substituents is 1. The number of anilines is 1. The number of non-ortho nitro benzene ring substituents is 1. The minimum atomic E-state index is -0.816. The summed E-state index contributed by atoms with van der Waals surface area (Å²) in [5, 5.41) is 14.2. The van der Waals surface area contributed by atoms with Gasteiger partial charge in [0, 0.05) is 43.0 Å². The van der Waals surface area contributed by atoms with Crippen molar-refractivity contribution in [1.29, 1.82) is 0 Å². The smallest absolute Gasteiger partial charge is 0.271 e. The average molecular weight is 436 g/mol. The van der Waals surface area contributed by atoms with Gasteiger partial charge < -0.3 is 14.6 Å². The molecule has 3 heterocycles. The quantitative estimate of drug-likeness (QED) is 0.383. The Kier molecular flexibility index (Phi) is 4.70. The highest BCUT2D eigenvalue weighted by Crippen LogP contribution is 2.38. The number of nitro groups is 1. The van der Waals surface area contributed by atoms with Crippen molar-refractivity contribution in [3.05, 3.63) is 82.1 Å². The van der Waals surface area contributed by atoms with Crippen molar-refractivity contribution >= 4 is 17.2 Å². The molecule has 0 radical (unpaired) electrons. The molecule has 11 heteroatoms. The molecule has 0 unspecified atom stereocenters. The first kappa shape index (κ1) is 19.5. The third-order valence-corrected chi connectivity index (χ3v) is 4.84. The summed E-state index contributed by atoms with van der Waals surface area (Å²) >= 11 is 0. The Balaban J connectivity index is 1.58. The van der Waals surface area contributed by atoms with Crippen LogP contribution < -0.4 is 15.7 Å².